The molecule has 0 spiro atoms. The number of Topliss-reactive ketones (excluding diaryl/α,β-unsaturated/α-hetero) is 1. The summed E-state index contributed by atoms with van der Waals surface area (Å²) in [4.78, 5) is 54.5. The Labute approximate surface area is 215 Å². The second-order valence-electron chi connectivity index (χ2n) is 11.2. The second kappa shape index (κ2) is 12.5. The van der Waals surface area contributed by atoms with Gasteiger partial charge in [0.1, 0.15) is 17.7 Å². The number of nitrogens with one attached hydrogen (secondary N) is 3. The molecule has 2 rings (SSSR count). The second-order valence-corrected chi connectivity index (χ2v) is 11.2. The van der Waals surface area contributed by atoms with E-state index in [1.807, 2.05) is 34.6 Å². The van der Waals surface area contributed by atoms with E-state index in [-0.39, 0.29) is 35.5 Å². The van der Waals surface area contributed by atoms with Crippen LogP contribution in [0.3, 0.4) is 0 Å². The van der Waals surface area contributed by atoms with Crippen molar-refractivity contribution in [2.24, 2.45) is 17.8 Å². The summed E-state index contributed by atoms with van der Waals surface area (Å²) < 4.78 is 5.28. The summed E-state index contributed by atoms with van der Waals surface area (Å²) in [6.07, 6.45) is 0.593. The quantitative estimate of drug-likeness (QED) is 0.266. The standard InChI is InChI=1S/C26H46N4O6/c1-9-15(4)21(30-11-10-16(5)19(27-8)25(30)35)24(34)29-20(17(6)31)23(33)28-18(12-14(2)3)22(32)26(7)13-36-26/h14-21,27,31H,9-13H2,1-8H3,(H,28,33)(H,29,34)/t15-,16-,17+,18-,19-,20-,21-,26+/m0/s1. The number of epoxide rings is 1. The molecule has 2 aliphatic rings. The van der Waals surface area contributed by atoms with Gasteiger partial charge in [-0.3, -0.25) is 19.2 Å². The number of carbonyl (C=O) groups excluding carboxylic acids is 4. The van der Waals surface area contributed by atoms with E-state index in [0.29, 0.717) is 26.0 Å². The molecule has 0 radical (unpaired) electrons. The van der Waals surface area contributed by atoms with Crippen LogP contribution in [-0.2, 0) is 23.9 Å². The van der Waals surface area contributed by atoms with E-state index in [1.54, 1.807) is 18.9 Å². The van der Waals surface area contributed by atoms with Crippen molar-refractivity contribution in [1.29, 1.82) is 0 Å². The van der Waals surface area contributed by atoms with Crippen molar-refractivity contribution in [1.82, 2.24) is 20.9 Å². The molecule has 0 unspecified atom stereocenters. The molecule has 0 aliphatic carbocycles. The third kappa shape index (κ3) is 7.04. The summed E-state index contributed by atoms with van der Waals surface area (Å²) in [6.45, 7) is 13.6. The molecule has 0 aromatic heterocycles. The van der Waals surface area contributed by atoms with Crippen LogP contribution in [-0.4, -0.2) is 89.6 Å². The van der Waals surface area contributed by atoms with Crippen molar-refractivity contribution < 1.29 is 29.0 Å². The number of hydrogen-bond acceptors (Lipinski definition) is 7. The first-order chi connectivity index (χ1) is 16.8. The van der Waals surface area contributed by atoms with Crippen molar-refractivity contribution in [2.45, 2.75) is 104 Å². The van der Waals surface area contributed by atoms with E-state index in [9.17, 15) is 24.3 Å². The number of likely N-dealkylation sites (tertiary alicyclic amines) is 1. The van der Waals surface area contributed by atoms with E-state index in [2.05, 4.69) is 16.0 Å². The Balaban J connectivity index is 2.22. The zero-order valence-corrected chi connectivity index (χ0v) is 23.1. The van der Waals surface area contributed by atoms with Crippen LogP contribution < -0.4 is 16.0 Å². The maximum absolute atomic E-state index is 13.5. The summed E-state index contributed by atoms with van der Waals surface area (Å²) >= 11 is 0. The molecule has 206 valence electrons. The van der Waals surface area contributed by atoms with Crippen LogP contribution in [0.25, 0.3) is 0 Å². The highest BCUT2D eigenvalue weighted by molar-refractivity contribution is 5.98. The van der Waals surface area contributed by atoms with Crippen molar-refractivity contribution in [3.63, 3.8) is 0 Å². The molecule has 0 aromatic carbocycles. The van der Waals surface area contributed by atoms with Gasteiger partial charge in [-0.2, -0.15) is 0 Å². The lowest BCUT2D eigenvalue weighted by Gasteiger charge is -2.42. The number of hydrogen-bond donors (Lipinski definition) is 4. The summed E-state index contributed by atoms with van der Waals surface area (Å²) in [5.74, 6) is -1.39. The third-order valence-electron chi connectivity index (χ3n) is 7.54. The summed E-state index contributed by atoms with van der Waals surface area (Å²) in [5.41, 5.74) is -0.909. The molecule has 8 atom stereocenters. The van der Waals surface area contributed by atoms with E-state index < -0.39 is 41.6 Å². The number of ether oxygens (including phenoxy) is 1. The number of likely N-dealkylation sites (N-methyl/N-ethyl adjacent to an activating group) is 1. The van der Waals surface area contributed by atoms with Gasteiger partial charge < -0.3 is 30.7 Å². The minimum atomic E-state index is -1.28. The molecular weight excluding hydrogens is 464 g/mol. The first kappa shape index (κ1) is 30.2. The lowest BCUT2D eigenvalue weighted by atomic mass is 9.88. The molecule has 36 heavy (non-hydrogen) atoms. The number of piperidine rings is 1. The van der Waals surface area contributed by atoms with Gasteiger partial charge in [0, 0.05) is 6.54 Å². The van der Waals surface area contributed by atoms with Crippen LogP contribution in [0.5, 0.6) is 0 Å². The SMILES string of the molecule is CC[C@H](C)[C@@H](C(=O)N[C@H](C(=O)N[C@@H](CC(C)C)C(=O)[C@@]1(C)CO1)[C@@H](C)O)N1CC[C@H](C)[C@H](NC)C1=O. The van der Waals surface area contributed by atoms with Gasteiger partial charge in [-0.15, -0.1) is 0 Å². The number of ketones is 1. The Morgan fingerprint density at radius 2 is 1.78 bits per heavy atom. The lowest BCUT2D eigenvalue weighted by molar-refractivity contribution is -0.149. The molecule has 2 saturated heterocycles. The zero-order valence-electron chi connectivity index (χ0n) is 23.1. The van der Waals surface area contributed by atoms with Gasteiger partial charge in [-0.05, 0) is 51.5 Å². The number of aliphatic hydroxyl groups excluding tert-OH is 1. The molecule has 2 fully saturated rings. The molecule has 2 heterocycles. The Morgan fingerprint density at radius 1 is 1.17 bits per heavy atom. The van der Waals surface area contributed by atoms with Gasteiger partial charge in [-0.25, -0.2) is 0 Å². The van der Waals surface area contributed by atoms with Gasteiger partial charge in [0.25, 0.3) is 0 Å². The number of rotatable bonds is 13. The molecule has 10 nitrogen and oxygen atoms in total. The van der Waals surface area contributed by atoms with Crippen molar-refractivity contribution in [3.8, 4) is 0 Å². The van der Waals surface area contributed by atoms with Crippen molar-refractivity contribution in [2.75, 3.05) is 20.2 Å². The average Bonchev–Trinajstić information content (AvgIpc) is 3.56. The summed E-state index contributed by atoms with van der Waals surface area (Å²) in [7, 11) is 1.73. The molecule has 3 amide bonds. The normalized spacial score (nSPS) is 28.2. The van der Waals surface area contributed by atoms with E-state index in [0.717, 1.165) is 6.42 Å². The highest BCUT2D eigenvalue weighted by atomic mass is 16.6. The molecule has 0 bridgehead atoms. The lowest BCUT2D eigenvalue weighted by Crippen LogP contribution is -2.64. The number of amides is 3. The molecule has 0 aromatic rings. The van der Waals surface area contributed by atoms with E-state index >= 15 is 0 Å². The van der Waals surface area contributed by atoms with E-state index in [1.165, 1.54) is 6.92 Å². The molecule has 4 N–H and O–H groups in total. The maximum atomic E-state index is 13.5. The number of carbonyl (C=O) groups is 4. The Hall–Kier alpha value is -2.04. The smallest absolute Gasteiger partial charge is 0.245 e. The van der Waals surface area contributed by atoms with Crippen LogP contribution in [0, 0.1) is 17.8 Å². The van der Waals surface area contributed by atoms with Gasteiger partial charge >= 0.3 is 0 Å². The number of nitrogens with zero attached hydrogens (tertiary/aromatic N) is 1. The van der Waals surface area contributed by atoms with Crippen LogP contribution in [0.4, 0.5) is 0 Å². The third-order valence-corrected chi connectivity index (χ3v) is 7.54. The average molecular weight is 511 g/mol. The highest BCUT2D eigenvalue weighted by Gasteiger charge is 2.50. The van der Waals surface area contributed by atoms with E-state index in [4.69, 9.17) is 4.74 Å². The first-order valence-corrected chi connectivity index (χ1v) is 13.2. The summed E-state index contributed by atoms with van der Waals surface area (Å²) in [6, 6.07) is -3.25. The molecule has 10 heteroatoms. The van der Waals surface area contributed by atoms with Crippen molar-refractivity contribution in [3.05, 3.63) is 0 Å². The van der Waals surface area contributed by atoms with Gasteiger partial charge in [-0.1, -0.05) is 41.0 Å². The fourth-order valence-corrected chi connectivity index (χ4v) is 4.88. The molecular formula is C26H46N4O6. The highest BCUT2D eigenvalue weighted by Crippen LogP contribution is 2.30. The minimum Gasteiger partial charge on any atom is -0.391 e. The maximum Gasteiger partial charge on any atom is 0.245 e. The van der Waals surface area contributed by atoms with Gasteiger partial charge in [0.05, 0.1) is 24.8 Å². The van der Waals surface area contributed by atoms with Crippen LogP contribution in [0.2, 0.25) is 0 Å². The summed E-state index contributed by atoms with van der Waals surface area (Å²) in [5, 5.41) is 18.9. The molecule has 2 aliphatic heterocycles. The predicted octanol–water partition coefficient (Wildman–Crippen LogP) is 0.612. The fraction of sp³-hybridized carbons (Fsp3) is 0.846. The van der Waals surface area contributed by atoms with Crippen LogP contribution in [0.15, 0.2) is 0 Å². The Bertz CT molecular complexity index is 812. The zero-order chi connectivity index (χ0) is 27.4. The van der Waals surface area contributed by atoms with Gasteiger partial charge in [0.2, 0.25) is 17.7 Å². The molecule has 0 saturated carbocycles. The van der Waals surface area contributed by atoms with Crippen LogP contribution >= 0.6 is 0 Å². The minimum absolute atomic E-state index is 0.128. The van der Waals surface area contributed by atoms with Crippen LogP contribution in [0.1, 0.15) is 67.7 Å². The Kier molecular flexibility index (Phi) is 10.5. The fourth-order valence-electron chi connectivity index (χ4n) is 4.88. The van der Waals surface area contributed by atoms with Gasteiger partial charge in [0.15, 0.2) is 5.78 Å². The topological polar surface area (TPSA) is 140 Å². The number of aliphatic hydroxyl groups is 1. The first-order valence-electron chi connectivity index (χ1n) is 13.2. The largest absolute Gasteiger partial charge is 0.391 e. The predicted molar refractivity (Wildman–Crippen MR) is 136 cm³/mol. The Morgan fingerprint density at radius 3 is 2.25 bits per heavy atom. The van der Waals surface area contributed by atoms with Crippen molar-refractivity contribution >= 4 is 23.5 Å². The monoisotopic (exact) mass is 510 g/mol.